The molecular weight excluding hydrogens is 344 g/mol. The van der Waals surface area contributed by atoms with Crippen molar-refractivity contribution in [3.8, 4) is 5.75 Å². The fourth-order valence-corrected chi connectivity index (χ4v) is 3.82. The highest BCUT2D eigenvalue weighted by Gasteiger charge is 2.29. The van der Waals surface area contributed by atoms with E-state index in [4.69, 9.17) is 0 Å². The lowest BCUT2D eigenvalue weighted by atomic mass is 9.78. The number of aromatic hydroxyl groups is 1. The molecule has 2 N–H and O–H groups in total. The number of phenols is 1. The molecule has 1 heterocycles. The Morgan fingerprint density at radius 1 is 1.15 bits per heavy atom. The van der Waals surface area contributed by atoms with Crippen molar-refractivity contribution in [2.45, 2.75) is 65.7 Å². The van der Waals surface area contributed by atoms with Gasteiger partial charge in [-0.3, -0.25) is 9.80 Å². The standard InChI is InChI=1S/C21H32N2O2S/c1-8-9-22-23-13-26-17(19(23)25)12-14-10-15(20(2,3)4)18(24)16(11-14)21(5,6)7/h10-12,22,24H,8-9,13H2,1-7H3/b17-12-. The van der Waals surface area contributed by atoms with Gasteiger partial charge in [-0.25, -0.2) is 5.43 Å². The maximum absolute atomic E-state index is 12.6. The van der Waals surface area contributed by atoms with Gasteiger partial charge in [0.2, 0.25) is 0 Å². The van der Waals surface area contributed by atoms with Gasteiger partial charge in [-0.05, 0) is 41.0 Å². The third kappa shape index (κ3) is 4.63. The highest BCUT2D eigenvalue weighted by molar-refractivity contribution is 8.04. The van der Waals surface area contributed by atoms with Crippen LogP contribution in [0.1, 0.15) is 71.6 Å². The number of hydrogen-bond acceptors (Lipinski definition) is 4. The van der Waals surface area contributed by atoms with Crippen LogP contribution in [0.5, 0.6) is 5.75 Å². The summed E-state index contributed by atoms with van der Waals surface area (Å²) >= 11 is 1.55. The molecule has 0 spiro atoms. The third-order valence-electron chi connectivity index (χ3n) is 4.40. The molecule has 0 unspecified atom stereocenters. The smallest absolute Gasteiger partial charge is 0.275 e. The van der Waals surface area contributed by atoms with Crippen LogP contribution in [0.15, 0.2) is 17.0 Å². The van der Waals surface area contributed by atoms with E-state index in [1.165, 1.54) is 0 Å². The Labute approximate surface area is 162 Å². The maximum atomic E-state index is 12.6. The van der Waals surface area contributed by atoms with Crippen molar-refractivity contribution in [3.05, 3.63) is 33.7 Å². The first kappa shape index (κ1) is 20.8. The zero-order valence-electron chi connectivity index (χ0n) is 17.1. The molecule has 1 aromatic carbocycles. The zero-order chi connectivity index (χ0) is 19.7. The van der Waals surface area contributed by atoms with Crippen LogP contribution >= 0.6 is 11.8 Å². The Hall–Kier alpha value is -1.46. The van der Waals surface area contributed by atoms with Crippen molar-refractivity contribution in [2.24, 2.45) is 0 Å². The fraction of sp³-hybridized carbons (Fsp3) is 0.571. The number of thioether (sulfide) groups is 1. The van der Waals surface area contributed by atoms with Gasteiger partial charge >= 0.3 is 0 Å². The van der Waals surface area contributed by atoms with Crippen molar-refractivity contribution in [1.82, 2.24) is 10.4 Å². The fourth-order valence-electron chi connectivity index (χ4n) is 2.89. The van der Waals surface area contributed by atoms with E-state index >= 15 is 0 Å². The number of hydrogen-bond donors (Lipinski definition) is 2. The van der Waals surface area contributed by atoms with E-state index in [-0.39, 0.29) is 16.7 Å². The molecule has 144 valence electrons. The minimum absolute atomic E-state index is 0.0196. The molecule has 26 heavy (non-hydrogen) atoms. The molecular formula is C21H32N2O2S. The number of rotatable bonds is 4. The normalized spacial score (nSPS) is 17.4. The van der Waals surface area contributed by atoms with E-state index < -0.39 is 0 Å². The molecule has 1 aromatic rings. The van der Waals surface area contributed by atoms with Crippen LogP contribution in [0.4, 0.5) is 0 Å². The predicted octanol–water partition coefficient (Wildman–Crippen LogP) is 4.78. The molecule has 1 aliphatic heterocycles. The van der Waals surface area contributed by atoms with Crippen molar-refractivity contribution in [1.29, 1.82) is 0 Å². The molecule has 0 radical (unpaired) electrons. The van der Waals surface area contributed by atoms with Crippen molar-refractivity contribution >= 4 is 23.7 Å². The second-order valence-electron chi connectivity index (χ2n) is 8.89. The minimum atomic E-state index is -0.180. The quantitative estimate of drug-likeness (QED) is 0.743. The summed E-state index contributed by atoms with van der Waals surface area (Å²) < 4.78 is 0. The van der Waals surface area contributed by atoms with Crippen LogP contribution in [0, 0.1) is 0 Å². The lowest BCUT2D eigenvalue weighted by Crippen LogP contribution is -2.39. The van der Waals surface area contributed by atoms with Gasteiger partial charge < -0.3 is 5.11 Å². The summed E-state index contributed by atoms with van der Waals surface area (Å²) in [7, 11) is 0. The van der Waals surface area contributed by atoms with Gasteiger partial charge in [0.05, 0.1) is 10.8 Å². The average molecular weight is 377 g/mol. The van der Waals surface area contributed by atoms with Gasteiger partial charge in [0, 0.05) is 17.7 Å². The number of benzene rings is 1. The summed E-state index contributed by atoms with van der Waals surface area (Å²) in [5.74, 6) is 1.01. The first-order valence-corrected chi connectivity index (χ1v) is 10.2. The lowest BCUT2D eigenvalue weighted by Gasteiger charge is -2.28. The van der Waals surface area contributed by atoms with E-state index in [1.54, 1.807) is 16.8 Å². The van der Waals surface area contributed by atoms with E-state index in [0.29, 0.717) is 11.6 Å². The van der Waals surface area contributed by atoms with Gasteiger partial charge in [-0.2, -0.15) is 0 Å². The van der Waals surface area contributed by atoms with Gasteiger partial charge in [0.25, 0.3) is 5.91 Å². The minimum Gasteiger partial charge on any atom is -0.507 e. The molecule has 2 rings (SSSR count). The Bertz CT molecular complexity index is 677. The Morgan fingerprint density at radius 3 is 2.15 bits per heavy atom. The van der Waals surface area contributed by atoms with Gasteiger partial charge in [0.15, 0.2) is 0 Å². The van der Waals surface area contributed by atoms with E-state index in [1.807, 2.05) is 18.2 Å². The molecule has 0 aromatic heterocycles. The number of carbonyl (C=O) groups is 1. The van der Waals surface area contributed by atoms with Crippen LogP contribution in [-0.4, -0.2) is 28.4 Å². The molecule has 5 heteroatoms. The Balaban J connectivity index is 2.46. The number of nitrogens with zero attached hydrogens (tertiary/aromatic N) is 1. The summed E-state index contributed by atoms with van der Waals surface area (Å²) in [5, 5.41) is 12.5. The second-order valence-corrected chi connectivity index (χ2v) is 9.87. The van der Waals surface area contributed by atoms with Gasteiger partial charge in [0.1, 0.15) is 5.75 Å². The highest BCUT2D eigenvalue weighted by Crippen LogP contribution is 2.40. The van der Waals surface area contributed by atoms with E-state index in [2.05, 4.69) is 53.9 Å². The number of amides is 1. The molecule has 0 atom stereocenters. The predicted molar refractivity (Wildman–Crippen MR) is 111 cm³/mol. The zero-order valence-corrected chi connectivity index (χ0v) is 17.9. The van der Waals surface area contributed by atoms with Crippen molar-refractivity contribution < 1.29 is 9.90 Å². The topological polar surface area (TPSA) is 52.6 Å². The Kier molecular flexibility index (Phi) is 6.13. The lowest BCUT2D eigenvalue weighted by molar-refractivity contribution is -0.127. The molecule has 1 aliphatic rings. The summed E-state index contributed by atoms with van der Waals surface area (Å²) in [4.78, 5) is 13.3. The number of nitrogens with one attached hydrogen (secondary N) is 1. The number of phenolic OH excluding ortho intramolecular Hbond substituents is 1. The first-order chi connectivity index (χ1) is 11.9. The van der Waals surface area contributed by atoms with Crippen LogP contribution in [0.2, 0.25) is 0 Å². The summed E-state index contributed by atoms with van der Waals surface area (Å²) in [6.07, 6.45) is 2.93. The molecule has 0 aliphatic carbocycles. The second kappa shape index (κ2) is 7.65. The summed E-state index contributed by atoms with van der Waals surface area (Å²) in [6.45, 7) is 15.4. The molecule has 0 saturated carbocycles. The van der Waals surface area contributed by atoms with Crippen LogP contribution in [0.3, 0.4) is 0 Å². The van der Waals surface area contributed by atoms with E-state index in [9.17, 15) is 9.90 Å². The molecule has 4 nitrogen and oxygen atoms in total. The number of carbonyl (C=O) groups excluding carboxylic acids is 1. The Morgan fingerprint density at radius 2 is 1.69 bits per heavy atom. The average Bonchev–Trinajstić information content (AvgIpc) is 2.85. The van der Waals surface area contributed by atoms with Gasteiger partial charge in [-0.1, -0.05) is 60.2 Å². The first-order valence-electron chi connectivity index (χ1n) is 9.23. The summed E-state index contributed by atoms with van der Waals surface area (Å²) in [5.41, 5.74) is 5.58. The molecule has 1 amide bonds. The molecule has 1 fully saturated rings. The maximum Gasteiger partial charge on any atom is 0.275 e. The van der Waals surface area contributed by atoms with E-state index in [0.717, 1.165) is 34.6 Å². The summed E-state index contributed by atoms with van der Waals surface area (Å²) in [6, 6.07) is 4.01. The third-order valence-corrected chi connectivity index (χ3v) is 5.39. The van der Waals surface area contributed by atoms with Crippen LogP contribution in [-0.2, 0) is 15.6 Å². The SMILES string of the molecule is CCCNN1CS/C(=C\c2cc(C(C)(C)C)c(O)c(C(C)(C)C)c2)C1=O. The molecule has 0 bridgehead atoms. The number of hydrazine groups is 1. The van der Waals surface area contributed by atoms with Gasteiger partial charge in [-0.15, -0.1) is 0 Å². The van der Waals surface area contributed by atoms with Crippen LogP contribution in [0.25, 0.3) is 6.08 Å². The van der Waals surface area contributed by atoms with Crippen molar-refractivity contribution in [3.63, 3.8) is 0 Å². The monoisotopic (exact) mass is 376 g/mol. The van der Waals surface area contributed by atoms with Crippen molar-refractivity contribution in [2.75, 3.05) is 12.4 Å². The molecule has 1 saturated heterocycles. The largest absolute Gasteiger partial charge is 0.507 e. The highest BCUT2D eigenvalue weighted by atomic mass is 32.2. The van der Waals surface area contributed by atoms with Crippen LogP contribution < -0.4 is 5.43 Å².